The first-order chi connectivity index (χ1) is 8.59. The van der Waals surface area contributed by atoms with Gasteiger partial charge >= 0.3 is 0 Å². The largest absolute Gasteiger partial charge is 0.491 e. The highest BCUT2D eigenvalue weighted by atomic mass is 35.5. The van der Waals surface area contributed by atoms with E-state index in [4.69, 9.17) is 27.9 Å². The van der Waals surface area contributed by atoms with E-state index in [1.807, 2.05) is 0 Å². The Bertz CT molecular complexity index is 359. The Hall–Kier alpha value is -0.480. The maximum Gasteiger partial charge on any atom is 0.138 e. The molecule has 0 unspecified atom stereocenters. The minimum atomic E-state index is 0.551. The summed E-state index contributed by atoms with van der Waals surface area (Å²) in [5.41, 5.74) is 0. The Labute approximate surface area is 119 Å². The summed E-state index contributed by atoms with van der Waals surface area (Å²) in [6.07, 6.45) is 1.13. The maximum atomic E-state index is 5.99. The Kier molecular flexibility index (Phi) is 7.44. The van der Waals surface area contributed by atoms with Crippen molar-refractivity contribution in [3.63, 3.8) is 0 Å². The molecule has 18 heavy (non-hydrogen) atoms. The average Bonchev–Trinajstić information content (AvgIpc) is 2.30. The van der Waals surface area contributed by atoms with Crippen LogP contribution in [0.25, 0.3) is 0 Å². The minimum absolute atomic E-state index is 0.551. The zero-order valence-corrected chi connectivity index (χ0v) is 12.4. The van der Waals surface area contributed by atoms with Crippen molar-refractivity contribution in [2.24, 2.45) is 0 Å². The molecule has 1 rings (SSSR count). The summed E-state index contributed by atoms with van der Waals surface area (Å²) in [6, 6.07) is 5.24. The highest BCUT2D eigenvalue weighted by Crippen LogP contribution is 2.27. The van der Waals surface area contributed by atoms with Gasteiger partial charge < -0.3 is 15.0 Å². The lowest BCUT2D eigenvalue weighted by Crippen LogP contribution is -2.25. The van der Waals surface area contributed by atoms with Gasteiger partial charge in [-0.2, -0.15) is 0 Å². The van der Waals surface area contributed by atoms with E-state index in [-0.39, 0.29) is 0 Å². The third-order valence-electron chi connectivity index (χ3n) is 2.39. The molecule has 0 saturated heterocycles. The number of benzene rings is 1. The van der Waals surface area contributed by atoms with Gasteiger partial charge in [0.25, 0.3) is 0 Å². The molecule has 0 spiro atoms. The monoisotopic (exact) mass is 290 g/mol. The SMILES string of the molecule is CN(C)CCCNCCOc1ccc(Cl)cc1Cl. The third kappa shape index (κ3) is 6.45. The standard InChI is InChI=1S/C13H20Cl2N2O/c1-17(2)8-3-6-16-7-9-18-13-5-4-11(14)10-12(13)15/h4-5,10,16H,3,6-9H2,1-2H3. The molecule has 0 heterocycles. The number of nitrogens with zero attached hydrogens (tertiary/aromatic N) is 1. The molecule has 0 amide bonds. The second kappa shape index (κ2) is 8.59. The van der Waals surface area contributed by atoms with Crippen LogP contribution in [0.4, 0.5) is 0 Å². The van der Waals surface area contributed by atoms with Crippen molar-refractivity contribution in [3.8, 4) is 5.75 Å². The molecule has 0 aliphatic carbocycles. The van der Waals surface area contributed by atoms with Crippen LogP contribution in [0.5, 0.6) is 5.75 Å². The Morgan fingerprint density at radius 2 is 2.00 bits per heavy atom. The Morgan fingerprint density at radius 3 is 2.67 bits per heavy atom. The van der Waals surface area contributed by atoms with Crippen LogP contribution in [0.1, 0.15) is 6.42 Å². The summed E-state index contributed by atoms with van der Waals surface area (Å²) in [5, 5.41) is 4.49. The molecule has 0 aromatic heterocycles. The highest BCUT2D eigenvalue weighted by molar-refractivity contribution is 6.35. The van der Waals surface area contributed by atoms with Gasteiger partial charge in [0.05, 0.1) is 5.02 Å². The molecule has 102 valence electrons. The molecule has 0 bridgehead atoms. The molecule has 0 aliphatic heterocycles. The molecule has 0 atom stereocenters. The molecular weight excluding hydrogens is 271 g/mol. The molecule has 0 saturated carbocycles. The van der Waals surface area contributed by atoms with Gasteiger partial charge in [-0.25, -0.2) is 0 Å². The van der Waals surface area contributed by atoms with Crippen LogP contribution in [0.3, 0.4) is 0 Å². The summed E-state index contributed by atoms with van der Waals surface area (Å²) < 4.78 is 5.56. The van der Waals surface area contributed by atoms with Gasteiger partial charge in [0.15, 0.2) is 0 Å². The fraction of sp³-hybridized carbons (Fsp3) is 0.538. The van der Waals surface area contributed by atoms with Crippen molar-refractivity contribution in [1.29, 1.82) is 0 Å². The first-order valence-corrected chi connectivity index (χ1v) is 6.78. The number of ether oxygens (including phenoxy) is 1. The van der Waals surface area contributed by atoms with Crippen LogP contribution in [-0.4, -0.2) is 45.2 Å². The lowest BCUT2D eigenvalue weighted by atomic mass is 10.3. The second-order valence-corrected chi connectivity index (χ2v) is 5.17. The number of hydrogen-bond donors (Lipinski definition) is 1. The topological polar surface area (TPSA) is 24.5 Å². The van der Waals surface area contributed by atoms with Crippen LogP contribution in [0.2, 0.25) is 10.0 Å². The molecule has 1 aromatic carbocycles. The number of rotatable bonds is 8. The van der Waals surface area contributed by atoms with Gasteiger partial charge in [-0.05, 0) is 51.8 Å². The van der Waals surface area contributed by atoms with Gasteiger partial charge in [0.1, 0.15) is 12.4 Å². The van der Waals surface area contributed by atoms with E-state index in [0.29, 0.717) is 22.4 Å². The Balaban J connectivity index is 2.11. The van der Waals surface area contributed by atoms with E-state index in [1.165, 1.54) is 0 Å². The highest BCUT2D eigenvalue weighted by Gasteiger charge is 2.01. The van der Waals surface area contributed by atoms with Crippen molar-refractivity contribution in [2.45, 2.75) is 6.42 Å². The molecule has 5 heteroatoms. The quantitative estimate of drug-likeness (QED) is 0.745. The summed E-state index contributed by atoms with van der Waals surface area (Å²) in [7, 11) is 4.15. The zero-order chi connectivity index (χ0) is 13.4. The number of nitrogens with one attached hydrogen (secondary N) is 1. The van der Waals surface area contributed by atoms with E-state index in [0.717, 1.165) is 26.1 Å². The molecule has 0 radical (unpaired) electrons. The van der Waals surface area contributed by atoms with E-state index in [1.54, 1.807) is 18.2 Å². The average molecular weight is 291 g/mol. The number of hydrogen-bond acceptors (Lipinski definition) is 3. The number of halogens is 2. The van der Waals surface area contributed by atoms with Gasteiger partial charge in [-0.15, -0.1) is 0 Å². The van der Waals surface area contributed by atoms with E-state index in [2.05, 4.69) is 24.3 Å². The lowest BCUT2D eigenvalue weighted by Gasteiger charge is -2.11. The summed E-state index contributed by atoms with van der Waals surface area (Å²) >= 11 is 11.8. The van der Waals surface area contributed by atoms with Crippen molar-refractivity contribution >= 4 is 23.2 Å². The van der Waals surface area contributed by atoms with Crippen LogP contribution in [0.15, 0.2) is 18.2 Å². The molecule has 0 fully saturated rings. The van der Waals surface area contributed by atoms with Crippen LogP contribution in [-0.2, 0) is 0 Å². The minimum Gasteiger partial charge on any atom is -0.491 e. The Morgan fingerprint density at radius 1 is 1.22 bits per heavy atom. The van der Waals surface area contributed by atoms with Crippen molar-refractivity contribution in [2.75, 3.05) is 40.3 Å². The van der Waals surface area contributed by atoms with Crippen LogP contribution in [0, 0.1) is 0 Å². The molecule has 3 nitrogen and oxygen atoms in total. The fourth-order valence-corrected chi connectivity index (χ4v) is 1.93. The second-order valence-electron chi connectivity index (χ2n) is 4.33. The molecule has 1 aromatic rings. The zero-order valence-electron chi connectivity index (χ0n) is 10.9. The van der Waals surface area contributed by atoms with Crippen molar-refractivity contribution in [3.05, 3.63) is 28.2 Å². The van der Waals surface area contributed by atoms with E-state index in [9.17, 15) is 0 Å². The maximum absolute atomic E-state index is 5.99. The predicted molar refractivity (Wildman–Crippen MR) is 78.0 cm³/mol. The first kappa shape index (κ1) is 15.6. The smallest absolute Gasteiger partial charge is 0.138 e. The lowest BCUT2D eigenvalue weighted by molar-refractivity contribution is 0.311. The summed E-state index contributed by atoms with van der Waals surface area (Å²) in [5.74, 6) is 0.677. The first-order valence-electron chi connectivity index (χ1n) is 6.03. The molecule has 0 aliphatic rings. The van der Waals surface area contributed by atoms with Gasteiger partial charge in [-0.1, -0.05) is 23.2 Å². The fourth-order valence-electron chi connectivity index (χ4n) is 1.47. The van der Waals surface area contributed by atoms with Gasteiger partial charge in [-0.3, -0.25) is 0 Å². The van der Waals surface area contributed by atoms with Crippen molar-refractivity contribution in [1.82, 2.24) is 10.2 Å². The van der Waals surface area contributed by atoms with Crippen LogP contribution < -0.4 is 10.1 Å². The van der Waals surface area contributed by atoms with Gasteiger partial charge in [0, 0.05) is 11.6 Å². The third-order valence-corrected chi connectivity index (χ3v) is 2.92. The van der Waals surface area contributed by atoms with Gasteiger partial charge in [0.2, 0.25) is 0 Å². The molecular formula is C13H20Cl2N2O. The summed E-state index contributed by atoms with van der Waals surface area (Å²) in [6.45, 7) is 3.50. The van der Waals surface area contributed by atoms with E-state index >= 15 is 0 Å². The molecule has 1 N–H and O–H groups in total. The van der Waals surface area contributed by atoms with Crippen molar-refractivity contribution < 1.29 is 4.74 Å². The normalized spacial score (nSPS) is 10.9. The van der Waals surface area contributed by atoms with Crippen LogP contribution >= 0.6 is 23.2 Å². The van der Waals surface area contributed by atoms with E-state index < -0.39 is 0 Å². The predicted octanol–water partition coefficient (Wildman–Crippen LogP) is 2.91. The summed E-state index contributed by atoms with van der Waals surface area (Å²) in [4.78, 5) is 2.17.